The Morgan fingerprint density at radius 3 is 2.40 bits per heavy atom. The van der Waals surface area contributed by atoms with Crippen molar-refractivity contribution in [1.29, 1.82) is 0 Å². The first-order valence-electron chi connectivity index (χ1n) is 9.22. The average Bonchev–Trinajstić information content (AvgIpc) is 2.94. The van der Waals surface area contributed by atoms with Crippen LogP contribution in [-0.2, 0) is 10.0 Å². The van der Waals surface area contributed by atoms with Gasteiger partial charge in [-0.15, -0.1) is 0 Å². The Hall–Kier alpha value is -2.91. The van der Waals surface area contributed by atoms with Gasteiger partial charge in [-0.3, -0.25) is 14.4 Å². The van der Waals surface area contributed by atoms with Crippen molar-refractivity contribution in [2.24, 2.45) is 0 Å². The van der Waals surface area contributed by atoms with Gasteiger partial charge >= 0.3 is 0 Å². The number of hydrogen-bond donors (Lipinski definition) is 1. The molecule has 0 aromatic heterocycles. The lowest BCUT2D eigenvalue weighted by Gasteiger charge is -2.27. The summed E-state index contributed by atoms with van der Waals surface area (Å²) in [6.45, 7) is 0.810. The van der Waals surface area contributed by atoms with Gasteiger partial charge in [-0.2, -0.15) is 0 Å². The summed E-state index contributed by atoms with van der Waals surface area (Å²) in [7, 11) is -3.94. The largest absolute Gasteiger partial charge is 0.383 e. The predicted octanol–water partition coefficient (Wildman–Crippen LogP) is 4.76. The van der Waals surface area contributed by atoms with Crippen molar-refractivity contribution in [3.63, 3.8) is 0 Å². The van der Waals surface area contributed by atoms with Crippen LogP contribution in [0, 0.1) is 10.1 Å². The number of fused-ring (bicyclic) bond motifs is 1. The Balaban J connectivity index is 1.80. The van der Waals surface area contributed by atoms with Crippen molar-refractivity contribution >= 4 is 43.0 Å². The number of halogens is 1. The van der Waals surface area contributed by atoms with E-state index in [4.69, 9.17) is 0 Å². The molecular weight excluding hydrogens is 470 g/mol. The zero-order valence-corrected chi connectivity index (χ0v) is 18.1. The van der Waals surface area contributed by atoms with Crippen molar-refractivity contribution in [3.8, 4) is 0 Å². The van der Waals surface area contributed by atoms with Gasteiger partial charge in [0.25, 0.3) is 15.7 Å². The first-order valence-corrected chi connectivity index (χ1v) is 11.4. The molecule has 7 nitrogen and oxygen atoms in total. The van der Waals surface area contributed by atoms with Gasteiger partial charge in [0.15, 0.2) is 0 Å². The summed E-state index contributed by atoms with van der Waals surface area (Å²) >= 11 is 3.44. The molecule has 0 amide bonds. The van der Waals surface area contributed by atoms with Crippen LogP contribution < -0.4 is 9.62 Å². The van der Waals surface area contributed by atoms with Gasteiger partial charge in [-0.05, 0) is 35.9 Å². The molecule has 154 valence electrons. The van der Waals surface area contributed by atoms with Gasteiger partial charge in [-0.1, -0.05) is 46.3 Å². The van der Waals surface area contributed by atoms with E-state index in [1.54, 1.807) is 12.1 Å². The second kappa shape index (κ2) is 8.08. The molecule has 1 heterocycles. The molecule has 0 radical (unpaired) electrons. The third-order valence-electron chi connectivity index (χ3n) is 5.06. The SMILES string of the molecule is O=[N+]([O-])c1ccc(S(=O)(=O)N2CC(c3ccccc3)CNc3cc(Br)ccc32)cc1. The third-order valence-corrected chi connectivity index (χ3v) is 7.35. The highest BCUT2D eigenvalue weighted by atomic mass is 79.9. The number of nitro benzene ring substituents is 1. The molecule has 9 heteroatoms. The molecule has 1 atom stereocenters. The number of rotatable bonds is 4. The lowest BCUT2D eigenvalue weighted by molar-refractivity contribution is -0.384. The van der Waals surface area contributed by atoms with Crippen LogP contribution in [0.1, 0.15) is 11.5 Å². The standard InChI is InChI=1S/C21H18BrN3O4S/c22-17-6-11-21-20(12-17)23-13-16(15-4-2-1-3-5-15)14-24(21)30(28,29)19-9-7-18(8-10-19)25(26)27/h1-12,16,23H,13-14H2. The molecule has 1 aliphatic rings. The summed E-state index contributed by atoms with van der Waals surface area (Å²) in [5.41, 5.74) is 2.11. The number of nitrogens with zero attached hydrogens (tertiary/aromatic N) is 2. The number of sulfonamides is 1. The van der Waals surface area contributed by atoms with Crippen LogP contribution in [0.15, 0.2) is 82.2 Å². The molecule has 3 aromatic rings. The minimum atomic E-state index is -3.94. The number of anilines is 2. The van der Waals surface area contributed by atoms with Crippen molar-refractivity contribution in [2.75, 3.05) is 22.7 Å². The van der Waals surface area contributed by atoms with Crippen LogP contribution >= 0.6 is 15.9 Å². The fourth-order valence-electron chi connectivity index (χ4n) is 3.51. The van der Waals surface area contributed by atoms with Crippen molar-refractivity contribution in [3.05, 3.63) is 92.9 Å². The summed E-state index contributed by atoms with van der Waals surface area (Å²) < 4.78 is 29.3. The topological polar surface area (TPSA) is 92.5 Å². The normalized spacial score (nSPS) is 16.3. The Morgan fingerprint density at radius 2 is 1.73 bits per heavy atom. The zero-order valence-electron chi connectivity index (χ0n) is 15.7. The molecule has 0 spiro atoms. The quantitative estimate of drug-likeness (QED) is 0.422. The Kier molecular flexibility index (Phi) is 5.48. The van der Waals surface area contributed by atoms with E-state index in [0.29, 0.717) is 17.9 Å². The van der Waals surface area contributed by atoms with E-state index in [-0.39, 0.29) is 23.0 Å². The van der Waals surface area contributed by atoms with E-state index in [1.165, 1.54) is 28.6 Å². The van der Waals surface area contributed by atoms with Gasteiger partial charge in [0.05, 0.1) is 21.2 Å². The van der Waals surface area contributed by atoms with Crippen LogP contribution in [0.2, 0.25) is 0 Å². The summed E-state index contributed by atoms with van der Waals surface area (Å²) in [6, 6.07) is 20.1. The highest BCUT2D eigenvalue weighted by Gasteiger charge is 2.32. The molecule has 30 heavy (non-hydrogen) atoms. The molecule has 4 rings (SSSR count). The molecule has 0 saturated heterocycles. The van der Waals surface area contributed by atoms with Crippen LogP contribution in [0.5, 0.6) is 0 Å². The minimum absolute atomic E-state index is 0.00989. The molecule has 0 saturated carbocycles. The van der Waals surface area contributed by atoms with Crippen LogP contribution in [0.3, 0.4) is 0 Å². The maximum atomic E-state index is 13.6. The first-order chi connectivity index (χ1) is 14.4. The van der Waals surface area contributed by atoms with Gasteiger partial charge in [0, 0.05) is 35.6 Å². The van der Waals surface area contributed by atoms with Gasteiger partial charge in [0.1, 0.15) is 0 Å². The third kappa shape index (κ3) is 3.90. The highest BCUT2D eigenvalue weighted by molar-refractivity contribution is 9.10. The van der Waals surface area contributed by atoms with Crippen molar-refractivity contribution < 1.29 is 13.3 Å². The summed E-state index contributed by atoms with van der Waals surface area (Å²) in [4.78, 5) is 10.4. The second-order valence-corrected chi connectivity index (χ2v) is 9.72. The molecule has 0 aliphatic carbocycles. The monoisotopic (exact) mass is 487 g/mol. The number of non-ortho nitro benzene ring substituents is 1. The molecule has 0 bridgehead atoms. The minimum Gasteiger partial charge on any atom is -0.383 e. The smallest absolute Gasteiger partial charge is 0.269 e. The highest BCUT2D eigenvalue weighted by Crippen LogP contribution is 2.38. The van der Waals surface area contributed by atoms with Gasteiger partial charge < -0.3 is 5.32 Å². The van der Waals surface area contributed by atoms with E-state index in [0.717, 1.165) is 10.0 Å². The molecule has 1 unspecified atom stereocenters. The lowest BCUT2D eigenvalue weighted by Crippen LogP contribution is -2.34. The van der Waals surface area contributed by atoms with E-state index in [2.05, 4.69) is 21.2 Å². The Morgan fingerprint density at radius 1 is 1.03 bits per heavy atom. The molecule has 3 aromatic carbocycles. The van der Waals surface area contributed by atoms with Crippen LogP contribution in [-0.4, -0.2) is 26.4 Å². The van der Waals surface area contributed by atoms with E-state index < -0.39 is 14.9 Å². The Bertz CT molecular complexity index is 1180. The Labute approximate surface area is 182 Å². The summed E-state index contributed by atoms with van der Waals surface area (Å²) in [6.07, 6.45) is 0. The van der Waals surface area contributed by atoms with E-state index in [9.17, 15) is 18.5 Å². The molecule has 1 aliphatic heterocycles. The molecule has 0 fully saturated rings. The predicted molar refractivity (Wildman–Crippen MR) is 119 cm³/mol. The van der Waals surface area contributed by atoms with Gasteiger partial charge in [-0.25, -0.2) is 8.42 Å². The average molecular weight is 488 g/mol. The number of benzene rings is 3. The van der Waals surface area contributed by atoms with Crippen LogP contribution in [0.25, 0.3) is 0 Å². The van der Waals surface area contributed by atoms with E-state index >= 15 is 0 Å². The fourth-order valence-corrected chi connectivity index (χ4v) is 5.40. The summed E-state index contributed by atoms with van der Waals surface area (Å²) in [5, 5.41) is 14.3. The maximum absolute atomic E-state index is 13.6. The van der Waals surface area contributed by atoms with Crippen molar-refractivity contribution in [2.45, 2.75) is 10.8 Å². The summed E-state index contributed by atoms with van der Waals surface area (Å²) in [5.74, 6) is -0.0785. The molecule has 1 N–H and O–H groups in total. The molecular formula is C21H18BrN3O4S. The number of nitrogens with one attached hydrogen (secondary N) is 1. The zero-order chi connectivity index (χ0) is 21.3. The fraction of sp³-hybridized carbons (Fsp3) is 0.143. The maximum Gasteiger partial charge on any atom is 0.269 e. The number of nitro groups is 1. The van der Waals surface area contributed by atoms with Crippen LogP contribution in [0.4, 0.5) is 17.1 Å². The first kappa shape index (κ1) is 20.4. The van der Waals surface area contributed by atoms with E-state index in [1.807, 2.05) is 36.4 Å². The van der Waals surface area contributed by atoms with Gasteiger partial charge in [0.2, 0.25) is 0 Å². The second-order valence-electron chi connectivity index (χ2n) is 6.94. The number of hydrogen-bond acceptors (Lipinski definition) is 5. The van der Waals surface area contributed by atoms with Crippen molar-refractivity contribution in [1.82, 2.24) is 0 Å². The lowest BCUT2D eigenvalue weighted by atomic mass is 9.99.